The maximum absolute atomic E-state index is 12.8. The molecule has 2 N–H and O–H groups in total. The van der Waals surface area contributed by atoms with Gasteiger partial charge in [0.25, 0.3) is 11.8 Å². The number of hydrogen-bond acceptors (Lipinski definition) is 3. The molecule has 0 aromatic heterocycles. The standard InChI is InChI=1S/C18H22N2O4/c1-3-12(2)15(19-16(21)13-8-5-4-6-9-13)17(22)20-11-7-10-14(20)18(23)24/h4-6,8-9,14H,3,7,10-11H2,1-2H3,(H,19,21)(H,23,24). The molecule has 0 bridgehead atoms. The fraction of sp³-hybridized carbons (Fsp3) is 0.389. The third-order valence-corrected chi connectivity index (χ3v) is 4.24. The number of amides is 2. The van der Waals surface area contributed by atoms with Gasteiger partial charge in [0.2, 0.25) is 0 Å². The van der Waals surface area contributed by atoms with Crippen LogP contribution in [0.2, 0.25) is 0 Å². The van der Waals surface area contributed by atoms with Crippen molar-refractivity contribution in [3.05, 3.63) is 47.2 Å². The van der Waals surface area contributed by atoms with Gasteiger partial charge < -0.3 is 15.3 Å². The van der Waals surface area contributed by atoms with Crippen LogP contribution >= 0.6 is 0 Å². The van der Waals surface area contributed by atoms with E-state index in [0.29, 0.717) is 31.4 Å². The first-order valence-corrected chi connectivity index (χ1v) is 8.05. The molecule has 24 heavy (non-hydrogen) atoms. The van der Waals surface area contributed by atoms with Crippen molar-refractivity contribution in [1.29, 1.82) is 0 Å². The molecule has 2 rings (SSSR count). The average molecular weight is 330 g/mol. The summed E-state index contributed by atoms with van der Waals surface area (Å²) in [5.41, 5.74) is 1.35. The molecule has 0 spiro atoms. The van der Waals surface area contributed by atoms with Gasteiger partial charge in [0.1, 0.15) is 11.7 Å². The Kier molecular flexibility index (Phi) is 5.73. The number of carbonyl (C=O) groups excluding carboxylic acids is 2. The fourth-order valence-electron chi connectivity index (χ4n) is 2.70. The van der Waals surface area contributed by atoms with Gasteiger partial charge in [-0.05, 0) is 43.9 Å². The van der Waals surface area contributed by atoms with E-state index in [4.69, 9.17) is 0 Å². The summed E-state index contributed by atoms with van der Waals surface area (Å²) in [6.45, 7) is 4.04. The molecule has 1 aliphatic rings. The minimum atomic E-state index is -1.01. The van der Waals surface area contributed by atoms with E-state index < -0.39 is 17.9 Å². The number of hydrogen-bond donors (Lipinski definition) is 2. The lowest BCUT2D eigenvalue weighted by Gasteiger charge is -2.24. The smallest absolute Gasteiger partial charge is 0.326 e. The van der Waals surface area contributed by atoms with E-state index in [-0.39, 0.29) is 11.6 Å². The van der Waals surface area contributed by atoms with Gasteiger partial charge in [-0.3, -0.25) is 9.59 Å². The van der Waals surface area contributed by atoms with Crippen molar-refractivity contribution < 1.29 is 19.5 Å². The predicted molar refractivity (Wildman–Crippen MR) is 89.3 cm³/mol. The summed E-state index contributed by atoms with van der Waals surface area (Å²) in [7, 11) is 0. The van der Waals surface area contributed by atoms with Crippen LogP contribution in [0.1, 0.15) is 43.5 Å². The van der Waals surface area contributed by atoms with E-state index in [1.54, 1.807) is 37.3 Å². The number of allylic oxidation sites excluding steroid dienone is 1. The number of carboxylic acid groups (broad SMARTS) is 1. The summed E-state index contributed by atoms with van der Waals surface area (Å²) in [4.78, 5) is 37.9. The molecule has 1 aromatic rings. The van der Waals surface area contributed by atoms with Crippen LogP contribution in [0.3, 0.4) is 0 Å². The lowest BCUT2D eigenvalue weighted by Crippen LogP contribution is -2.44. The highest BCUT2D eigenvalue weighted by atomic mass is 16.4. The Hall–Kier alpha value is -2.63. The van der Waals surface area contributed by atoms with Crippen molar-refractivity contribution in [1.82, 2.24) is 10.2 Å². The monoisotopic (exact) mass is 330 g/mol. The summed E-state index contributed by atoms with van der Waals surface area (Å²) in [6, 6.07) is 7.79. The first kappa shape index (κ1) is 17.7. The zero-order chi connectivity index (χ0) is 17.7. The third kappa shape index (κ3) is 3.82. The van der Waals surface area contributed by atoms with Crippen LogP contribution in [0.4, 0.5) is 0 Å². The van der Waals surface area contributed by atoms with Gasteiger partial charge in [-0.2, -0.15) is 0 Å². The molecule has 1 atom stereocenters. The van der Waals surface area contributed by atoms with Gasteiger partial charge in [-0.25, -0.2) is 4.79 Å². The molecule has 0 aliphatic carbocycles. The summed E-state index contributed by atoms with van der Waals surface area (Å²) < 4.78 is 0. The SMILES string of the molecule is CCC(C)=C(NC(=O)c1ccccc1)C(=O)N1CCCC1C(=O)O. The van der Waals surface area contributed by atoms with Crippen molar-refractivity contribution in [2.45, 2.75) is 39.2 Å². The van der Waals surface area contributed by atoms with Crippen LogP contribution in [0, 0.1) is 0 Å². The highest BCUT2D eigenvalue weighted by Gasteiger charge is 2.36. The van der Waals surface area contributed by atoms with E-state index in [1.807, 2.05) is 6.92 Å². The molecule has 1 saturated heterocycles. The maximum Gasteiger partial charge on any atom is 0.326 e. The molecule has 1 heterocycles. The Morgan fingerprint density at radius 2 is 1.92 bits per heavy atom. The fourth-order valence-corrected chi connectivity index (χ4v) is 2.70. The van der Waals surface area contributed by atoms with Crippen molar-refractivity contribution >= 4 is 17.8 Å². The number of nitrogens with zero attached hydrogens (tertiary/aromatic N) is 1. The second-order valence-electron chi connectivity index (χ2n) is 5.82. The minimum absolute atomic E-state index is 0.180. The summed E-state index contributed by atoms with van der Waals surface area (Å²) >= 11 is 0. The highest BCUT2D eigenvalue weighted by Crippen LogP contribution is 2.21. The number of carboxylic acids is 1. The molecule has 1 fully saturated rings. The molecule has 6 nitrogen and oxygen atoms in total. The molecular weight excluding hydrogens is 308 g/mol. The van der Waals surface area contributed by atoms with Crippen LogP contribution in [0.15, 0.2) is 41.6 Å². The van der Waals surface area contributed by atoms with E-state index in [0.717, 1.165) is 5.57 Å². The normalized spacial score (nSPS) is 18.1. The lowest BCUT2D eigenvalue weighted by molar-refractivity contribution is -0.147. The Morgan fingerprint density at radius 3 is 2.50 bits per heavy atom. The van der Waals surface area contributed by atoms with E-state index in [1.165, 1.54) is 4.90 Å². The zero-order valence-corrected chi connectivity index (χ0v) is 13.9. The predicted octanol–water partition coefficient (Wildman–Crippen LogP) is 2.18. The van der Waals surface area contributed by atoms with Crippen LogP contribution in [0.25, 0.3) is 0 Å². The number of rotatable bonds is 5. The van der Waals surface area contributed by atoms with Crippen molar-refractivity contribution in [2.75, 3.05) is 6.54 Å². The molecular formula is C18H22N2O4. The molecule has 1 aliphatic heterocycles. The Bertz CT molecular complexity index is 667. The Balaban J connectivity index is 2.25. The molecule has 1 unspecified atom stereocenters. The highest BCUT2D eigenvalue weighted by molar-refractivity contribution is 6.04. The molecule has 0 saturated carbocycles. The molecule has 2 amide bonds. The number of carbonyl (C=O) groups is 3. The summed E-state index contributed by atoms with van der Waals surface area (Å²) in [5, 5.41) is 11.9. The topological polar surface area (TPSA) is 86.7 Å². The Morgan fingerprint density at radius 1 is 1.25 bits per heavy atom. The van der Waals surface area contributed by atoms with E-state index in [9.17, 15) is 19.5 Å². The van der Waals surface area contributed by atoms with Gasteiger partial charge in [0, 0.05) is 12.1 Å². The van der Waals surface area contributed by atoms with Crippen molar-refractivity contribution in [2.24, 2.45) is 0 Å². The van der Waals surface area contributed by atoms with Crippen molar-refractivity contribution in [3.63, 3.8) is 0 Å². The quantitative estimate of drug-likeness (QED) is 0.810. The number of likely N-dealkylation sites (tertiary alicyclic amines) is 1. The van der Waals surface area contributed by atoms with Crippen LogP contribution in [-0.2, 0) is 9.59 Å². The minimum Gasteiger partial charge on any atom is -0.480 e. The average Bonchev–Trinajstić information content (AvgIpc) is 3.09. The Labute approximate surface area is 141 Å². The molecule has 128 valence electrons. The molecule has 0 radical (unpaired) electrons. The van der Waals surface area contributed by atoms with Crippen LogP contribution in [-0.4, -0.2) is 40.4 Å². The second kappa shape index (κ2) is 7.77. The van der Waals surface area contributed by atoms with E-state index in [2.05, 4.69) is 5.32 Å². The zero-order valence-electron chi connectivity index (χ0n) is 13.9. The van der Waals surface area contributed by atoms with Crippen molar-refractivity contribution in [3.8, 4) is 0 Å². The first-order chi connectivity index (χ1) is 11.5. The van der Waals surface area contributed by atoms with Gasteiger partial charge in [0.05, 0.1) is 0 Å². The largest absolute Gasteiger partial charge is 0.480 e. The van der Waals surface area contributed by atoms with Gasteiger partial charge in [-0.15, -0.1) is 0 Å². The van der Waals surface area contributed by atoms with Crippen LogP contribution < -0.4 is 5.32 Å². The number of aliphatic carboxylic acids is 1. The lowest BCUT2D eigenvalue weighted by atomic mass is 10.1. The van der Waals surface area contributed by atoms with Gasteiger partial charge in [0.15, 0.2) is 0 Å². The maximum atomic E-state index is 12.8. The summed E-state index contributed by atoms with van der Waals surface area (Å²) in [6.07, 6.45) is 1.67. The van der Waals surface area contributed by atoms with Crippen LogP contribution in [0.5, 0.6) is 0 Å². The van der Waals surface area contributed by atoms with Gasteiger partial charge >= 0.3 is 5.97 Å². The third-order valence-electron chi connectivity index (χ3n) is 4.24. The molecule has 1 aromatic carbocycles. The number of nitrogens with one attached hydrogen (secondary N) is 1. The second-order valence-corrected chi connectivity index (χ2v) is 5.82. The number of benzene rings is 1. The van der Waals surface area contributed by atoms with E-state index >= 15 is 0 Å². The van der Waals surface area contributed by atoms with Gasteiger partial charge in [-0.1, -0.05) is 25.1 Å². The molecule has 6 heteroatoms. The first-order valence-electron chi connectivity index (χ1n) is 8.05. The summed E-state index contributed by atoms with van der Waals surface area (Å²) in [5.74, 6) is -1.81.